The molecule has 0 saturated carbocycles. The highest BCUT2D eigenvalue weighted by molar-refractivity contribution is 5.95. The fourth-order valence-corrected chi connectivity index (χ4v) is 8.28. The molecule has 30 nitrogen and oxygen atoms in total. The van der Waals surface area contributed by atoms with Crippen molar-refractivity contribution < 1.29 is 129 Å². The van der Waals surface area contributed by atoms with Crippen molar-refractivity contribution in [1.29, 1.82) is 0 Å². The van der Waals surface area contributed by atoms with Crippen LogP contribution in [0.15, 0.2) is 58.8 Å². The predicted molar refractivity (Wildman–Crippen MR) is 248 cm³/mol. The predicted octanol–water partition coefficient (Wildman–Crippen LogP) is -7.66. The maximum Gasteiger partial charge on any atom is 0.251 e. The molecule has 0 bridgehead atoms. The van der Waals surface area contributed by atoms with Crippen molar-refractivity contribution in [3.63, 3.8) is 0 Å². The molecule has 2 aromatic carbocycles. The molecule has 0 spiro atoms. The second-order valence-electron chi connectivity index (χ2n) is 19.4. The minimum Gasteiger partial charge on any atom is -0.394 e. The summed E-state index contributed by atoms with van der Waals surface area (Å²) in [6.45, 7) is -2.37. The average molecular weight is 1090 g/mol. The Balaban J connectivity index is 1.11. The highest BCUT2D eigenvalue weighted by atomic mass is 16.7. The standard InChI is InChI=1S/C46H68N4O26/c1-45(15-69-41-35(63)31(59)27(55)23(11-51)73-41,16-70-42-36(64)32(60)28(56)24(12-52)74-42)47-39(67)19-3-7-21(8-4-19)49-50-22-9-5-20(6-10-22)40(68)48-46(2,17-71-43-37(65)33(61)29(57)25(13-53)75-43)18-72-44-38(66)34(62)30(58)26(14-54)76-44/h3-10,23-38,41-44,51-66H,11-18H2,1-2H3,(H,47,67)(H,48,68)/t23-,24-,25-,26-,27+,28+,29+,30+,31+,32+,33+,34+,35-,36-,37-,38-,41-,42-,43-,44-/m1/s1. The lowest BCUT2D eigenvalue weighted by atomic mass is 9.98. The summed E-state index contributed by atoms with van der Waals surface area (Å²) in [5.41, 5.74) is -2.59. The smallest absolute Gasteiger partial charge is 0.251 e. The molecule has 0 aromatic heterocycles. The summed E-state index contributed by atoms with van der Waals surface area (Å²) in [6.07, 6.45) is -33.0. The van der Waals surface area contributed by atoms with Crippen LogP contribution in [0.2, 0.25) is 0 Å². The van der Waals surface area contributed by atoms with Crippen LogP contribution >= 0.6 is 0 Å². The van der Waals surface area contributed by atoms with Crippen molar-refractivity contribution in [3.05, 3.63) is 59.7 Å². The second-order valence-corrected chi connectivity index (χ2v) is 19.4. The Bertz CT molecular complexity index is 1950. The number of hydrogen-bond donors (Lipinski definition) is 18. The highest BCUT2D eigenvalue weighted by Crippen LogP contribution is 2.29. The van der Waals surface area contributed by atoms with Crippen LogP contribution in [-0.2, 0) is 37.9 Å². The van der Waals surface area contributed by atoms with Crippen molar-refractivity contribution in [2.75, 3.05) is 52.9 Å². The zero-order valence-corrected chi connectivity index (χ0v) is 41.0. The first-order chi connectivity index (χ1) is 36.0. The topological polar surface area (TPSA) is 480 Å². The maximum atomic E-state index is 13.7. The van der Waals surface area contributed by atoms with Crippen molar-refractivity contribution in [2.24, 2.45) is 10.2 Å². The molecule has 4 saturated heterocycles. The molecule has 0 radical (unpaired) electrons. The second kappa shape index (κ2) is 26.8. The normalized spacial score (nSPS) is 36.5. The Morgan fingerprint density at radius 3 is 0.842 bits per heavy atom. The van der Waals surface area contributed by atoms with Gasteiger partial charge in [-0.2, -0.15) is 10.2 Å². The molecule has 2 aromatic rings. The number of aliphatic hydroxyl groups excluding tert-OH is 16. The van der Waals surface area contributed by atoms with Crippen LogP contribution in [-0.4, -0.2) is 280 Å². The van der Waals surface area contributed by atoms with E-state index in [0.717, 1.165) is 0 Å². The first-order valence-electron chi connectivity index (χ1n) is 23.9. The zero-order valence-electron chi connectivity index (χ0n) is 41.0. The number of benzene rings is 2. The van der Waals surface area contributed by atoms with E-state index in [0.29, 0.717) is 0 Å². The molecule has 76 heavy (non-hydrogen) atoms. The third-order valence-electron chi connectivity index (χ3n) is 13.0. The molecule has 4 heterocycles. The first-order valence-corrected chi connectivity index (χ1v) is 23.9. The third-order valence-corrected chi connectivity index (χ3v) is 13.0. The van der Waals surface area contributed by atoms with E-state index in [-0.39, 0.29) is 22.5 Å². The Morgan fingerprint density at radius 1 is 0.408 bits per heavy atom. The fraction of sp³-hybridized carbons (Fsp3) is 0.696. The number of hydrogen-bond acceptors (Lipinski definition) is 28. The quantitative estimate of drug-likeness (QED) is 0.0487. The van der Waals surface area contributed by atoms with E-state index in [4.69, 9.17) is 37.9 Å². The number of amides is 2. The average Bonchev–Trinajstić information content (AvgIpc) is 3.41. The van der Waals surface area contributed by atoms with Gasteiger partial charge in [-0.05, 0) is 62.4 Å². The summed E-state index contributed by atoms with van der Waals surface area (Å²) in [4.78, 5) is 27.4. The largest absolute Gasteiger partial charge is 0.394 e. The fourth-order valence-electron chi connectivity index (χ4n) is 8.28. The lowest BCUT2D eigenvalue weighted by molar-refractivity contribution is -0.313. The van der Waals surface area contributed by atoms with Crippen LogP contribution in [0.4, 0.5) is 11.4 Å². The minimum absolute atomic E-state index is 0.0606. The monoisotopic (exact) mass is 1090 g/mol. The summed E-state index contributed by atoms with van der Waals surface area (Å²) in [5, 5.41) is 176. The van der Waals surface area contributed by atoms with Crippen LogP contribution < -0.4 is 10.6 Å². The minimum atomic E-state index is -1.81. The van der Waals surface area contributed by atoms with Gasteiger partial charge in [-0.25, -0.2) is 0 Å². The highest BCUT2D eigenvalue weighted by Gasteiger charge is 2.49. The first kappa shape index (κ1) is 61.2. The number of carbonyl (C=O) groups excluding carboxylic acids is 2. The molecular weight excluding hydrogens is 1020 g/mol. The van der Waals surface area contributed by atoms with Crippen molar-refractivity contribution in [2.45, 2.75) is 148 Å². The summed E-state index contributed by atoms with van der Waals surface area (Å²) in [7, 11) is 0. The van der Waals surface area contributed by atoms with Crippen LogP contribution in [0.1, 0.15) is 34.6 Å². The lowest BCUT2D eigenvalue weighted by Gasteiger charge is -2.42. The summed E-state index contributed by atoms with van der Waals surface area (Å²) < 4.78 is 44.6. The molecule has 18 N–H and O–H groups in total. The molecule has 6 rings (SSSR count). The maximum absolute atomic E-state index is 13.7. The van der Waals surface area contributed by atoms with Crippen LogP contribution in [0.25, 0.3) is 0 Å². The van der Waals surface area contributed by atoms with Crippen LogP contribution in [0.3, 0.4) is 0 Å². The van der Waals surface area contributed by atoms with Crippen molar-refractivity contribution in [3.8, 4) is 0 Å². The Morgan fingerprint density at radius 2 is 0.632 bits per heavy atom. The number of azo groups is 1. The van der Waals surface area contributed by atoms with E-state index >= 15 is 0 Å². The molecule has 428 valence electrons. The molecule has 20 atom stereocenters. The number of rotatable bonds is 22. The number of carbonyl (C=O) groups is 2. The van der Waals surface area contributed by atoms with Gasteiger partial charge in [0, 0.05) is 11.1 Å². The van der Waals surface area contributed by atoms with Crippen molar-refractivity contribution in [1.82, 2.24) is 10.6 Å². The Labute approximate surface area is 432 Å². The van der Waals surface area contributed by atoms with Gasteiger partial charge < -0.3 is 130 Å². The Kier molecular flexibility index (Phi) is 21.6. The van der Waals surface area contributed by atoms with E-state index in [1.54, 1.807) is 0 Å². The number of nitrogens with zero attached hydrogens (tertiary/aromatic N) is 2. The number of aliphatic hydroxyl groups is 16. The molecule has 0 unspecified atom stereocenters. The summed E-state index contributed by atoms with van der Waals surface area (Å²) in [6, 6.07) is 11.3. The lowest BCUT2D eigenvalue weighted by Crippen LogP contribution is -2.62. The molecular formula is C46H68N4O26. The molecule has 0 aliphatic carbocycles. The van der Waals surface area contributed by atoms with Gasteiger partial charge in [0.15, 0.2) is 25.2 Å². The molecule has 2 amide bonds. The third kappa shape index (κ3) is 14.6. The zero-order chi connectivity index (χ0) is 55.8. The van der Waals surface area contributed by atoms with Gasteiger partial charge >= 0.3 is 0 Å². The van der Waals surface area contributed by atoms with Gasteiger partial charge in [-0.3, -0.25) is 9.59 Å². The van der Waals surface area contributed by atoms with E-state index in [2.05, 4.69) is 20.9 Å². The van der Waals surface area contributed by atoms with Crippen LogP contribution in [0.5, 0.6) is 0 Å². The van der Waals surface area contributed by atoms with Gasteiger partial charge in [0.1, 0.15) is 97.7 Å². The van der Waals surface area contributed by atoms with Gasteiger partial charge in [0.2, 0.25) is 0 Å². The van der Waals surface area contributed by atoms with E-state index < -0.39 is 199 Å². The van der Waals surface area contributed by atoms with E-state index in [1.807, 2.05) is 0 Å². The van der Waals surface area contributed by atoms with Gasteiger partial charge in [-0.15, -0.1) is 0 Å². The SMILES string of the molecule is CC(CO[C@@H]1O[C@H](CO)[C@H](O)[C@H](O)[C@H]1O)(CO[C@@H]1O[C@H](CO)[C@H](O)[C@H](O)[C@H]1O)NC(=O)c1ccc(N=Nc2ccc(C(=O)NC(C)(CO[C@@H]3O[C@H](CO)[C@H](O)[C@H](O)[C@H]3O)CO[C@@H]3O[C@H](CO)[C@H](O)[C@H](O)[C@H]3O)cc2)cc1. The molecule has 4 fully saturated rings. The van der Waals surface area contributed by atoms with Gasteiger partial charge in [-0.1, -0.05) is 0 Å². The Hall–Kier alpha value is -3.98. The molecule has 4 aliphatic heterocycles. The van der Waals surface area contributed by atoms with E-state index in [1.165, 1.54) is 62.4 Å². The van der Waals surface area contributed by atoms with Crippen molar-refractivity contribution >= 4 is 23.2 Å². The van der Waals surface area contributed by atoms with Gasteiger partial charge in [0.05, 0.1) is 75.3 Å². The molecule has 30 heteroatoms. The summed E-state index contributed by atoms with van der Waals surface area (Å²) in [5.74, 6) is -1.46. The van der Waals surface area contributed by atoms with E-state index in [9.17, 15) is 91.3 Å². The van der Waals surface area contributed by atoms with Gasteiger partial charge in [0.25, 0.3) is 11.8 Å². The summed E-state index contributed by atoms with van der Waals surface area (Å²) >= 11 is 0. The van der Waals surface area contributed by atoms with Crippen LogP contribution in [0, 0.1) is 0 Å². The number of ether oxygens (including phenoxy) is 8. The molecule has 4 aliphatic rings. The number of nitrogens with one attached hydrogen (secondary N) is 2.